The number of rotatable bonds is 8. The normalized spacial score (nSPS) is 10.8. The SMILES string of the molecule is COc1ccc(C(=O)/C=C/c2ccc(Oc3nnnn3-c3ccccc3)cc2)cc1OC. The van der Waals surface area contributed by atoms with Crippen LogP contribution in [-0.4, -0.2) is 40.2 Å². The van der Waals surface area contributed by atoms with Crippen LogP contribution in [0.4, 0.5) is 0 Å². The number of carbonyl (C=O) groups excluding carboxylic acids is 1. The van der Waals surface area contributed by atoms with E-state index in [2.05, 4.69) is 15.5 Å². The second-order valence-corrected chi connectivity index (χ2v) is 6.65. The molecule has 1 heterocycles. The Bertz CT molecular complexity index is 1230. The van der Waals surface area contributed by atoms with E-state index in [1.54, 1.807) is 43.5 Å². The molecule has 0 bridgehead atoms. The summed E-state index contributed by atoms with van der Waals surface area (Å²) in [7, 11) is 3.08. The molecule has 0 saturated carbocycles. The summed E-state index contributed by atoms with van der Waals surface area (Å²) in [6, 6.07) is 22.0. The first-order chi connectivity index (χ1) is 15.7. The summed E-state index contributed by atoms with van der Waals surface area (Å²) >= 11 is 0. The minimum atomic E-state index is -0.145. The van der Waals surface area contributed by atoms with Crippen molar-refractivity contribution >= 4 is 11.9 Å². The Morgan fingerprint density at radius 2 is 1.66 bits per heavy atom. The van der Waals surface area contributed by atoms with E-state index in [9.17, 15) is 4.79 Å². The van der Waals surface area contributed by atoms with E-state index >= 15 is 0 Å². The molecule has 160 valence electrons. The number of allylic oxidation sites excluding steroid dienone is 1. The van der Waals surface area contributed by atoms with E-state index in [0.29, 0.717) is 22.8 Å². The fraction of sp³-hybridized carbons (Fsp3) is 0.0833. The Morgan fingerprint density at radius 1 is 0.906 bits per heavy atom. The summed E-state index contributed by atoms with van der Waals surface area (Å²) in [6.07, 6.45) is 3.24. The van der Waals surface area contributed by atoms with Crippen molar-refractivity contribution in [3.8, 4) is 28.9 Å². The fourth-order valence-electron chi connectivity index (χ4n) is 2.98. The molecule has 0 atom stereocenters. The van der Waals surface area contributed by atoms with Gasteiger partial charge in [-0.2, -0.15) is 4.68 Å². The van der Waals surface area contributed by atoms with Gasteiger partial charge in [-0.25, -0.2) is 0 Å². The molecule has 1 aromatic heterocycles. The highest BCUT2D eigenvalue weighted by atomic mass is 16.5. The Morgan fingerprint density at radius 3 is 2.38 bits per heavy atom. The zero-order chi connectivity index (χ0) is 22.3. The van der Waals surface area contributed by atoms with E-state index in [0.717, 1.165) is 11.3 Å². The van der Waals surface area contributed by atoms with Crippen LogP contribution < -0.4 is 14.2 Å². The summed E-state index contributed by atoms with van der Waals surface area (Å²) in [5, 5.41) is 11.6. The second kappa shape index (κ2) is 9.57. The summed E-state index contributed by atoms with van der Waals surface area (Å²) < 4.78 is 17.8. The van der Waals surface area contributed by atoms with Crippen LogP contribution >= 0.6 is 0 Å². The summed E-state index contributed by atoms with van der Waals surface area (Å²) in [6.45, 7) is 0. The third-order valence-corrected chi connectivity index (χ3v) is 4.63. The van der Waals surface area contributed by atoms with Gasteiger partial charge < -0.3 is 14.2 Å². The van der Waals surface area contributed by atoms with Gasteiger partial charge in [0.1, 0.15) is 5.75 Å². The lowest BCUT2D eigenvalue weighted by atomic mass is 10.1. The first-order valence-corrected chi connectivity index (χ1v) is 9.74. The van der Waals surface area contributed by atoms with Gasteiger partial charge >= 0.3 is 6.01 Å². The lowest BCUT2D eigenvalue weighted by Gasteiger charge is -2.08. The minimum Gasteiger partial charge on any atom is -0.493 e. The molecule has 4 rings (SSSR count). The summed E-state index contributed by atoms with van der Waals surface area (Å²) in [5.74, 6) is 1.50. The number of nitrogens with zero attached hydrogens (tertiary/aromatic N) is 4. The number of hydrogen-bond acceptors (Lipinski definition) is 7. The Balaban J connectivity index is 1.44. The molecular weight excluding hydrogens is 408 g/mol. The van der Waals surface area contributed by atoms with Crippen molar-refractivity contribution in [1.29, 1.82) is 0 Å². The molecule has 0 radical (unpaired) electrons. The van der Waals surface area contributed by atoms with Gasteiger partial charge in [-0.15, -0.1) is 0 Å². The topological polar surface area (TPSA) is 88.4 Å². The number of methoxy groups -OCH3 is 2. The number of tetrazole rings is 1. The van der Waals surface area contributed by atoms with Gasteiger partial charge in [0, 0.05) is 5.56 Å². The number of carbonyl (C=O) groups is 1. The number of ketones is 1. The van der Waals surface area contributed by atoms with Gasteiger partial charge in [-0.3, -0.25) is 4.79 Å². The van der Waals surface area contributed by atoms with Gasteiger partial charge in [0.05, 0.1) is 19.9 Å². The Hall–Kier alpha value is -4.46. The third-order valence-electron chi connectivity index (χ3n) is 4.63. The van der Waals surface area contributed by atoms with Gasteiger partial charge in [-0.1, -0.05) is 41.5 Å². The molecule has 0 aliphatic carbocycles. The minimum absolute atomic E-state index is 0.145. The van der Waals surface area contributed by atoms with Crippen molar-refractivity contribution in [2.75, 3.05) is 14.2 Å². The zero-order valence-electron chi connectivity index (χ0n) is 17.5. The molecule has 4 aromatic rings. The van der Waals surface area contributed by atoms with Crippen LogP contribution in [0.2, 0.25) is 0 Å². The monoisotopic (exact) mass is 428 g/mol. The number of para-hydroxylation sites is 1. The van der Waals surface area contributed by atoms with Crippen LogP contribution in [0.5, 0.6) is 23.3 Å². The smallest absolute Gasteiger partial charge is 0.345 e. The molecule has 3 aromatic carbocycles. The van der Waals surface area contributed by atoms with Gasteiger partial charge in [0.25, 0.3) is 0 Å². The molecular formula is C24H20N4O4. The van der Waals surface area contributed by atoms with Crippen molar-refractivity contribution in [2.24, 2.45) is 0 Å². The molecule has 0 aliphatic heterocycles. The van der Waals surface area contributed by atoms with Crippen LogP contribution in [0.15, 0.2) is 78.9 Å². The summed E-state index contributed by atoms with van der Waals surface area (Å²) in [5.41, 5.74) is 2.14. The van der Waals surface area contributed by atoms with Gasteiger partial charge in [0.15, 0.2) is 17.3 Å². The van der Waals surface area contributed by atoms with E-state index in [1.807, 2.05) is 42.5 Å². The van der Waals surface area contributed by atoms with Gasteiger partial charge in [-0.05, 0) is 64.5 Å². The van der Waals surface area contributed by atoms with Crippen LogP contribution in [-0.2, 0) is 0 Å². The fourth-order valence-corrected chi connectivity index (χ4v) is 2.98. The quantitative estimate of drug-likeness (QED) is 0.304. The molecule has 0 aliphatic rings. The predicted molar refractivity (Wildman–Crippen MR) is 119 cm³/mol. The number of hydrogen-bond donors (Lipinski definition) is 0. The van der Waals surface area contributed by atoms with E-state index in [-0.39, 0.29) is 11.8 Å². The average molecular weight is 428 g/mol. The first-order valence-electron chi connectivity index (χ1n) is 9.74. The van der Waals surface area contributed by atoms with Crippen molar-refractivity contribution in [3.05, 3.63) is 90.0 Å². The lowest BCUT2D eigenvalue weighted by molar-refractivity contribution is 0.104. The second-order valence-electron chi connectivity index (χ2n) is 6.65. The highest BCUT2D eigenvalue weighted by Gasteiger charge is 2.11. The van der Waals surface area contributed by atoms with Crippen molar-refractivity contribution in [2.45, 2.75) is 0 Å². The summed E-state index contributed by atoms with van der Waals surface area (Å²) in [4.78, 5) is 12.5. The van der Waals surface area contributed by atoms with E-state index in [1.165, 1.54) is 17.9 Å². The largest absolute Gasteiger partial charge is 0.493 e. The molecule has 8 nitrogen and oxygen atoms in total. The molecule has 32 heavy (non-hydrogen) atoms. The van der Waals surface area contributed by atoms with Crippen molar-refractivity contribution < 1.29 is 19.0 Å². The molecule has 8 heteroatoms. The van der Waals surface area contributed by atoms with Crippen LogP contribution in [0.1, 0.15) is 15.9 Å². The maximum absolute atomic E-state index is 12.5. The van der Waals surface area contributed by atoms with E-state index < -0.39 is 0 Å². The Kier molecular flexibility index (Phi) is 6.22. The standard InChI is InChI=1S/C24H20N4O4/c1-30-22-15-11-18(16-23(22)31-2)21(29)14-10-17-8-12-20(13-9-17)32-24-25-26-27-28(24)19-6-4-3-5-7-19/h3-16H,1-2H3/b14-10+. The molecule has 0 saturated heterocycles. The maximum atomic E-state index is 12.5. The molecule has 0 N–H and O–H groups in total. The molecule has 0 unspecified atom stereocenters. The lowest BCUT2D eigenvalue weighted by Crippen LogP contribution is -2.00. The first kappa shape index (κ1) is 20.8. The molecule has 0 spiro atoms. The number of ether oxygens (including phenoxy) is 3. The highest BCUT2D eigenvalue weighted by Crippen LogP contribution is 2.28. The van der Waals surface area contributed by atoms with E-state index in [4.69, 9.17) is 14.2 Å². The van der Waals surface area contributed by atoms with Crippen LogP contribution in [0, 0.1) is 0 Å². The number of benzene rings is 3. The predicted octanol–water partition coefficient (Wildman–Crippen LogP) is 4.37. The number of aromatic nitrogens is 4. The Labute approximate surface area is 184 Å². The average Bonchev–Trinajstić information content (AvgIpc) is 3.31. The molecule has 0 amide bonds. The maximum Gasteiger partial charge on any atom is 0.345 e. The van der Waals surface area contributed by atoms with Crippen molar-refractivity contribution in [1.82, 2.24) is 20.2 Å². The van der Waals surface area contributed by atoms with Crippen LogP contribution in [0.3, 0.4) is 0 Å². The third kappa shape index (κ3) is 4.65. The highest BCUT2D eigenvalue weighted by molar-refractivity contribution is 6.07. The van der Waals surface area contributed by atoms with Crippen molar-refractivity contribution in [3.63, 3.8) is 0 Å². The molecule has 0 fully saturated rings. The zero-order valence-corrected chi connectivity index (χ0v) is 17.5. The van der Waals surface area contributed by atoms with Gasteiger partial charge in [0.2, 0.25) is 0 Å². The van der Waals surface area contributed by atoms with Crippen LogP contribution in [0.25, 0.3) is 11.8 Å².